The van der Waals surface area contributed by atoms with Gasteiger partial charge in [-0.05, 0) is 19.1 Å². The number of aromatic nitrogens is 2. The molecule has 1 aromatic carbocycles. The number of hydrogen-bond acceptors (Lipinski definition) is 2. The van der Waals surface area contributed by atoms with Crippen LogP contribution in [0.25, 0.3) is 5.69 Å². The lowest BCUT2D eigenvalue weighted by atomic mass is 10.2. The van der Waals surface area contributed by atoms with Crippen LogP contribution in [0.3, 0.4) is 0 Å². The Morgan fingerprint density at radius 2 is 2.13 bits per heavy atom. The van der Waals surface area contributed by atoms with Crippen molar-refractivity contribution in [3.63, 3.8) is 0 Å². The molecule has 4 heteroatoms. The average molecular weight is 206 g/mol. The fourth-order valence-electron chi connectivity index (χ4n) is 1.32. The van der Waals surface area contributed by atoms with E-state index in [1.54, 1.807) is 31.3 Å². The van der Waals surface area contributed by atoms with Crippen LogP contribution in [0, 0.1) is 5.82 Å². The molecule has 0 fully saturated rings. The van der Waals surface area contributed by atoms with Crippen molar-refractivity contribution in [1.29, 1.82) is 0 Å². The first-order valence-electron chi connectivity index (χ1n) is 4.66. The molecule has 0 saturated heterocycles. The Hall–Kier alpha value is -1.68. The first-order chi connectivity index (χ1) is 7.18. The lowest BCUT2D eigenvalue weighted by Gasteiger charge is -2.02. The van der Waals surface area contributed by atoms with Crippen LogP contribution in [0.1, 0.15) is 18.6 Å². The van der Waals surface area contributed by atoms with Crippen molar-refractivity contribution in [1.82, 2.24) is 9.78 Å². The third-order valence-electron chi connectivity index (χ3n) is 2.18. The van der Waals surface area contributed by atoms with Crippen LogP contribution in [0.5, 0.6) is 0 Å². The van der Waals surface area contributed by atoms with Crippen molar-refractivity contribution in [3.05, 3.63) is 48.0 Å². The first kappa shape index (κ1) is 9.86. The van der Waals surface area contributed by atoms with Gasteiger partial charge in [0.2, 0.25) is 0 Å². The van der Waals surface area contributed by atoms with E-state index in [-0.39, 0.29) is 5.82 Å². The molecule has 1 N–H and O–H groups in total. The zero-order valence-electron chi connectivity index (χ0n) is 8.26. The molecule has 0 bridgehead atoms. The predicted octanol–water partition coefficient (Wildman–Crippen LogP) is 2.06. The molecule has 0 aliphatic rings. The van der Waals surface area contributed by atoms with E-state index in [1.165, 1.54) is 16.9 Å². The molecule has 1 aromatic heterocycles. The highest BCUT2D eigenvalue weighted by Crippen LogP contribution is 2.15. The van der Waals surface area contributed by atoms with Crippen molar-refractivity contribution >= 4 is 0 Å². The summed E-state index contributed by atoms with van der Waals surface area (Å²) in [5.41, 5.74) is 1.04. The fourth-order valence-corrected chi connectivity index (χ4v) is 1.32. The van der Waals surface area contributed by atoms with E-state index in [2.05, 4.69) is 5.10 Å². The summed E-state index contributed by atoms with van der Waals surface area (Å²) in [5.74, 6) is -0.335. The van der Waals surface area contributed by atoms with E-state index in [0.29, 0.717) is 11.3 Å². The standard InChI is InChI=1S/C11H11FN2O/c1-8(15)9-6-13-14(7-9)11-5-3-2-4-10(11)12/h2-8,15H,1H3. The fraction of sp³-hybridized carbons (Fsp3) is 0.182. The molecule has 0 saturated carbocycles. The van der Waals surface area contributed by atoms with Crippen LogP contribution in [-0.2, 0) is 0 Å². The number of halogens is 1. The summed E-state index contributed by atoms with van der Waals surface area (Å²) in [6.07, 6.45) is 2.55. The largest absolute Gasteiger partial charge is 0.389 e. The van der Waals surface area contributed by atoms with Crippen molar-refractivity contribution in [2.45, 2.75) is 13.0 Å². The summed E-state index contributed by atoms with van der Waals surface area (Å²) < 4.78 is 14.8. The van der Waals surface area contributed by atoms with Crippen LogP contribution < -0.4 is 0 Å². The Balaban J connectivity index is 2.42. The van der Waals surface area contributed by atoms with Crippen LogP contribution in [0.15, 0.2) is 36.7 Å². The second-order valence-electron chi connectivity index (χ2n) is 3.35. The van der Waals surface area contributed by atoms with Gasteiger partial charge in [-0.3, -0.25) is 0 Å². The van der Waals surface area contributed by atoms with Gasteiger partial charge in [-0.15, -0.1) is 0 Å². The number of nitrogens with zero attached hydrogens (tertiary/aromatic N) is 2. The summed E-state index contributed by atoms with van der Waals surface area (Å²) >= 11 is 0. The lowest BCUT2D eigenvalue weighted by molar-refractivity contribution is 0.199. The Labute approximate surface area is 86.8 Å². The van der Waals surface area contributed by atoms with Crippen molar-refractivity contribution in [2.24, 2.45) is 0 Å². The third-order valence-corrected chi connectivity index (χ3v) is 2.18. The smallest absolute Gasteiger partial charge is 0.148 e. The molecule has 0 aliphatic carbocycles. The quantitative estimate of drug-likeness (QED) is 0.816. The lowest BCUT2D eigenvalue weighted by Crippen LogP contribution is -1.97. The summed E-state index contributed by atoms with van der Waals surface area (Å²) in [7, 11) is 0. The van der Waals surface area contributed by atoms with E-state index >= 15 is 0 Å². The highest BCUT2D eigenvalue weighted by atomic mass is 19.1. The van der Waals surface area contributed by atoms with Gasteiger partial charge in [0.15, 0.2) is 0 Å². The second-order valence-corrected chi connectivity index (χ2v) is 3.35. The van der Waals surface area contributed by atoms with Gasteiger partial charge in [-0.2, -0.15) is 5.10 Å². The van der Waals surface area contributed by atoms with Gasteiger partial charge in [0.1, 0.15) is 11.5 Å². The Kier molecular flexibility index (Phi) is 2.51. The van der Waals surface area contributed by atoms with Gasteiger partial charge in [0, 0.05) is 11.8 Å². The number of rotatable bonds is 2. The Morgan fingerprint density at radius 3 is 2.73 bits per heavy atom. The number of aliphatic hydroxyl groups excluding tert-OH is 1. The van der Waals surface area contributed by atoms with Gasteiger partial charge >= 0.3 is 0 Å². The molecule has 15 heavy (non-hydrogen) atoms. The van der Waals surface area contributed by atoms with E-state index < -0.39 is 6.10 Å². The maximum Gasteiger partial charge on any atom is 0.148 e. The van der Waals surface area contributed by atoms with Crippen molar-refractivity contribution in [3.8, 4) is 5.69 Å². The molecule has 0 aliphatic heterocycles. The van der Waals surface area contributed by atoms with Crippen LogP contribution >= 0.6 is 0 Å². The Morgan fingerprint density at radius 1 is 1.40 bits per heavy atom. The molecule has 0 amide bonds. The van der Waals surface area contributed by atoms with E-state index in [9.17, 15) is 9.50 Å². The minimum Gasteiger partial charge on any atom is -0.389 e. The summed E-state index contributed by atoms with van der Waals surface area (Å²) in [6, 6.07) is 6.37. The molecule has 1 heterocycles. The molecular formula is C11H11FN2O. The van der Waals surface area contributed by atoms with E-state index in [4.69, 9.17) is 0 Å². The number of benzene rings is 1. The summed E-state index contributed by atoms with van der Waals surface area (Å²) in [5, 5.41) is 13.3. The number of para-hydroxylation sites is 1. The Bertz CT molecular complexity index is 465. The van der Waals surface area contributed by atoms with Gasteiger partial charge < -0.3 is 5.11 Å². The minimum atomic E-state index is -0.592. The third kappa shape index (κ3) is 1.89. The normalized spacial score (nSPS) is 12.7. The molecule has 3 nitrogen and oxygen atoms in total. The molecule has 1 unspecified atom stereocenters. The highest BCUT2D eigenvalue weighted by Gasteiger charge is 2.07. The van der Waals surface area contributed by atoms with Gasteiger partial charge in [-0.25, -0.2) is 9.07 Å². The minimum absolute atomic E-state index is 0.335. The maximum atomic E-state index is 13.4. The van der Waals surface area contributed by atoms with Crippen LogP contribution in [-0.4, -0.2) is 14.9 Å². The molecule has 0 radical (unpaired) electrons. The maximum absolute atomic E-state index is 13.4. The van der Waals surface area contributed by atoms with Gasteiger partial charge in [0.25, 0.3) is 0 Å². The van der Waals surface area contributed by atoms with Crippen molar-refractivity contribution < 1.29 is 9.50 Å². The zero-order valence-corrected chi connectivity index (χ0v) is 8.26. The molecule has 2 rings (SSSR count). The topological polar surface area (TPSA) is 38.1 Å². The summed E-state index contributed by atoms with van der Waals surface area (Å²) in [6.45, 7) is 1.64. The molecule has 0 spiro atoms. The summed E-state index contributed by atoms with van der Waals surface area (Å²) in [4.78, 5) is 0. The van der Waals surface area contributed by atoms with Crippen molar-refractivity contribution in [2.75, 3.05) is 0 Å². The van der Waals surface area contributed by atoms with Crippen LogP contribution in [0.4, 0.5) is 4.39 Å². The number of aliphatic hydroxyl groups is 1. The molecule has 2 aromatic rings. The van der Waals surface area contributed by atoms with Crippen LogP contribution in [0.2, 0.25) is 0 Å². The molecule has 78 valence electrons. The first-order valence-corrected chi connectivity index (χ1v) is 4.66. The SMILES string of the molecule is CC(O)c1cnn(-c2ccccc2F)c1. The van der Waals surface area contributed by atoms with Gasteiger partial charge in [-0.1, -0.05) is 12.1 Å². The molecule has 1 atom stereocenters. The monoisotopic (exact) mass is 206 g/mol. The predicted molar refractivity (Wildman–Crippen MR) is 54.2 cm³/mol. The highest BCUT2D eigenvalue weighted by molar-refractivity contribution is 5.33. The number of hydrogen-bond donors (Lipinski definition) is 1. The average Bonchev–Trinajstić information content (AvgIpc) is 2.67. The second kappa shape index (κ2) is 3.82. The van der Waals surface area contributed by atoms with Gasteiger partial charge in [0.05, 0.1) is 12.3 Å². The van der Waals surface area contributed by atoms with E-state index in [1.807, 2.05) is 0 Å². The van der Waals surface area contributed by atoms with E-state index in [0.717, 1.165) is 0 Å². The molecular weight excluding hydrogens is 195 g/mol. The zero-order chi connectivity index (χ0) is 10.8.